The van der Waals surface area contributed by atoms with E-state index in [1.807, 2.05) is 24.3 Å². The number of hydrogen-bond donors (Lipinski definition) is 0. The van der Waals surface area contributed by atoms with Crippen molar-refractivity contribution in [1.29, 1.82) is 5.26 Å². The lowest BCUT2D eigenvalue weighted by molar-refractivity contribution is -0.139. The van der Waals surface area contributed by atoms with E-state index >= 15 is 0 Å². The Morgan fingerprint density at radius 3 is 2.68 bits per heavy atom. The second-order valence-electron chi connectivity index (χ2n) is 6.01. The molecule has 2 aromatic carbocycles. The van der Waals surface area contributed by atoms with Gasteiger partial charge in [-0.15, -0.1) is 0 Å². The maximum Gasteiger partial charge on any atom is 0.309 e. The van der Waals surface area contributed by atoms with E-state index in [9.17, 15) is 4.79 Å². The second kappa shape index (κ2) is 7.67. The van der Waals surface area contributed by atoms with Crippen LogP contribution in [0.25, 0.3) is 6.08 Å². The van der Waals surface area contributed by atoms with Crippen molar-refractivity contribution in [2.75, 3.05) is 7.11 Å². The van der Waals surface area contributed by atoms with Crippen molar-refractivity contribution in [2.24, 2.45) is 0 Å². The lowest BCUT2D eigenvalue weighted by Crippen LogP contribution is -2.06. The van der Waals surface area contributed by atoms with Crippen LogP contribution in [0.4, 0.5) is 0 Å². The molecule has 0 N–H and O–H groups in total. The maximum atomic E-state index is 11.5. The number of nitriles is 1. The fourth-order valence-electron chi connectivity index (χ4n) is 2.85. The van der Waals surface area contributed by atoms with Gasteiger partial charge in [-0.05, 0) is 53.8 Å². The van der Waals surface area contributed by atoms with Crippen molar-refractivity contribution in [1.82, 2.24) is 0 Å². The van der Waals surface area contributed by atoms with Crippen molar-refractivity contribution in [3.8, 4) is 11.8 Å². The highest BCUT2D eigenvalue weighted by Crippen LogP contribution is 2.29. The number of methoxy groups -OCH3 is 1. The molecule has 0 unspecified atom stereocenters. The summed E-state index contributed by atoms with van der Waals surface area (Å²) >= 11 is 0. The SMILES string of the molecule is COC(=O)CC1=Cc2cc(OCc3ccc(C#N)cc3)ccc2CC1. The van der Waals surface area contributed by atoms with E-state index in [0.29, 0.717) is 18.6 Å². The molecule has 0 saturated carbocycles. The lowest BCUT2D eigenvalue weighted by Gasteiger charge is -2.17. The second-order valence-corrected chi connectivity index (χ2v) is 6.01. The van der Waals surface area contributed by atoms with Crippen molar-refractivity contribution in [3.05, 3.63) is 70.3 Å². The molecule has 0 bridgehead atoms. The number of fused-ring (bicyclic) bond motifs is 1. The van der Waals surface area contributed by atoms with Crippen LogP contribution in [0.5, 0.6) is 5.75 Å². The molecule has 0 saturated heterocycles. The van der Waals surface area contributed by atoms with Gasteiger partial charge in [-0.2, -0.15) is 5.26 Å². The smallest absolute Gasteiger partial charge is 0.309 e. The highest BCUT2D eigenvalue weighted by Gasteiger charge is 2.14. The number of carbonyl (C=O) groups is 1. The molecule has 4 nitrogen and oxygen atoms in total. The summed E-state index contributed by atoms with van der Waals surface area (Å²) in [5, 5.41) is 8.83. The van der Waals surface area contributed by atoms with Crippen LogP contribution < -0.4 is 4.74 Å². The number of rotatable bonds is 5. The zero-order valence-corrected chi connectivity index (χ0v) is 14.1. The van der Waals surface area contributed by atoms with Crippen LogP contribution in [0.1, 0.15) is 35.1 Å². The van der Waals surface area contributed by atoms with Crippen molar-refractivity contribution in [2.45, 2.75) is 25.9 Å². The number of aryl methyl sites for hydroxylation is 1. The van der Waals surface area contributed by atoms with Crippen molar-refractivity contribution < 1.29 is 14.3 Å². The predicted octanol–water partition coefficient (Wildman–Crippen LogP) is 4.03. The van der Waals surface area contributed by atoms with Crippen molar-refractivity contribution in [3.63, 3.8) is 0 Å². The van der Waals surface area contributed by atoms with E-state index in [2.05, 4.69) is 18.2 Å². The van der Waals surface area contributed by atoms with E-state index in [1.54, 1.807) is 12.1 Å². The first-order chi connectivity index (χ1) is 12.2. The monoisotopic (exact) mass is 333 g/mol. The maximum absolute atomic E-state index is 11.5. The molecule has 0 amide bonds. The van der Waals surface area contributed by atoms with Gasteiger partial charge in [-0.25, -0.2) is 0 Å². The summed E-state index contributed by atoms with van der Waals surface area (Å²) in [6, 6.07) is 15.5. The molecule has 0 aliphatic heterocycles. The van der Waals surface area contributed by atoms with Gasteiger partial charge in [0.05, 0.1) is 25.2 Å². The van der Waals surface area contributed by atoms with Gasteiger partial charge in [-0.3, -0.25) is 4.79 Å². The van der Waals surface area contributed by atoms with Crippen LogP contribution in [0, 0.1) is 11.3 Å². The minimum atomic E-state index is -0.206. The van der Waals surface area contributed by atoms with E-state index in [4.69, 9.17) is 14.7 Å². The van der Waals surface area contributed by atoms with Crippen LogP contribution in [-0.2, 0) is 22.6 Å². The summed E-state index contributed by atoms with van der Waals surface area (Å²) in [6.45, 7) is 0.448. The van der Waals surface area contributed by atoms with E-state index in [-0.39, 0.29) is 5.97 Å². The first-order valence-corrected chi connectivity index (χ1v) is 8.19. The average molecular weight is 333 g/mol. The molecule has 0 spiro atoms. The molecular weight excluding hydrogens is 314 g/mol. The fourth-order valence-corrected chi connectivity index (χ4v) is 2.85. The Kier molecular flexibility index (Phi) is 5.15. The van der Waals surface area contributed by atoms with Crippen LogP contribution in [0.2, 0.25) is 0 Å². The van der Waals surface area contributed by atoms with Gasteiger partial charge < -0.3 is 9.47 Å². The predicted molar refractivity (Wildman–Crippen MR) is 94.9 cm³/mol. The molecule has 126 valence electrons. The van der Waals surface area contributed by atoms with Gasteiger partial charge >= 0.3 is 5.97 Å². The highest BCUT2D eigenvalue weighted by molar-refractivity contribution is 5.75. The third-order valence-electron chi connectivity index (χ3n) is 4.28. The molecular formula is C21H19NO3. The molecule has 4 heteroatoms. The summed E-state index contributed by atoms with van der Waals surface area (Å²) in [7, 11) is 1.41. The average Bonchev–Trinajstić information content (AvgIpc) is 2.66. The Labute approximate surface area is 147 Å². The topological polar surface area (TPSA) is 59.3 Å². The van der Waals surface area contributed by atoms with E-state index in [1.165, 1.54) is 12.7 Å². The number of nitrogens with zero attached hydrogens (tertiary/aromatic N) is 1. The Morgan fingerprint density at radius 2 is 1.96 bits per heavy atom. The van der Waals surface area contributed by atoms with Crippen LogP contribution in [0.15, 0.2) is 48.0 Å². The minimum absolute atomic E-state index is 0.206. The number of esters is 1. The lowest BCUT2D eigenvalue weighted by atomic mass is 9.90. The van der Waals surface area contributed by atoms with Gasteiger partial charge in [-0.1, -0.05) is 29.8 Å². The largest absolute Gasteiger partial charge is 0.489 e. The van der Waals surface area contributed by atoms with Gasteiger partial charge in [0.25, 0.3) is 0 Å². The fraction of sp³-hybridized carbons (Fsp3) is 0.238. The molecule has 2 aromatic rings. The third-order valence-corrected chi connectivity index (χ3v) is 4.28. The Balaban J connectivity index is 1.69. The summed E-state index contributed by atoms with van der Waals surface area (Å²) in [5.74, 6) is 0.585. The van der Waals surface area contributed by atoms with Gasteiger partial charge in [0.1, 0.15) is 12.4 Å². The van der Waals surface area contributed by atoms with Crippen molar-refractivity contribution >= 4 is 12.0 Å². The number of carbonyl (C=O) groups excluding carboxylic acids is 1. The summed E-state index contributed by atoms with van der Waals surface area (Å²) in [5.41, 5.74) is 5.10. The zero-order valence-electron chi connectivity index (χ0n) is 14.1. The van der Waals surface area contributed by atoms with Crippen LogP contribution >= 0.6 is 0 Å². The molecule has 1 aliphatic rings. The van der Waals surface area contributed by atoms with Gasteiger partial charge in [0.15, 0.2) is 0 Å². The molecule has 25 heavy (non-hydrogen) atoms. The number of benzene rings is 2. The minimum Gasteiger partial charge on any atom is -0.489 e. The standard InChI is InChI=1S/C21H19NO3/c1-24-21(23)11-17-6-7-18-8-9-20(12-19(18)10-17)25-14-16-4-2-15(13-22)3-5-16/h2-5,8-10,12H,6-7,11,14H2,1H3. The Hall–Kier alpha value is -3.06. The molecule has 0 radical (unpaired) electrons. The first-order valence-electron chi connectivity index (χ1n) is 8.19. The molecule has 0 fully saturated rings. The first kappa shape index (κ1) is 16.8. The quantitative estimate of drug-likeness (QED) is 0.775. The highest BCUT2D eigenvalue weighted by atomic mass is 16.5. The number of hydrogen-bond acceptors (Lipinski definition) is 4. The van der Waals surface area contributed by atoms with Crippen LogP contribution in [-0.4, -0.2) is 13.1 Å². The molecule has 3 rings (SSSR count). The normalized spacial score (nSPS) is 12.6. The Morgan fingerprint density at radius 1 is 1.16 bits per heavy atom. The summed E-state index contributed by atoms with van der Waals surface area (Å²) in [4.78, 5) is 11.5. The van der Waals surface area contributed by atoms with E-state index < -0.39 is 0 Å². The molecule has 0 aromatic heterocycles. The third kappa shape index (κ3) is 4.27. The Bertz CT molecular complexity index is 844. The van der Waals surface area contributed by atoms with E-state index in [0.717, 1.165) is 35.3 Å². The summed E-state index contributed by atoms with van der Waals surface area (Å²) in [6.07, 6.45) is 4.21. The van der Waals surface area contributed by atoms with Gasteiger partial charge in [0, 0.05) is 0 Å². The molecule has 1 aliphatic carbocycles. The zero-order chi connectivity index (χ0) is 17.6. The molecule has 0 atom stereocenters. The summed E-state index contributed by atoms with van der Waals surface area (Å²) < 4.78 is 10.6. The molecule has 0 heterocycles. The number of ether oxygens (including phenoxy) is 2. The van der Waals surface area contributed by atoms with Crippen LogP contribution in [0.3, 0.4) is 0 Å². The van der Waals surface area contributed by atoms with Gasteiger partial charge in [0.2, 0.25) is 0 Å².